The Labute approximate surface area is 188 Å². The molecule has 0 aliphatic carbocycles. The van der Waals surface area contributed by atoms with Crippen molar-refractivity contribution in [1.29, 1.82) is 0 Å². The Morgan fingerprint density at radius 1 is 0.968 bits per heavy atom. The van der Waals surface area contributed by atoms with Crippen LogP contribution in [0.3, 0.4) is 0 Å². The molecule has 4 aliphatic rings. The van der Waals surface area contributed by atoms with Crippen LogP contribution < -0.4 is 5.32 Å². The lowest BCUT2D eigenvalue weighted by Gasteiger charge is -2.46. The second kappa shape index (κ2) is 7.07. The zero-order valence-electron chi connectivity index (χ0n) is 20.6. The molecular weight excluding hydrogens is 392 g/mol. The molecule has 4 rings (SSSR count). The van der Waals surface area contributed by atoms with Crippen LogP contribution in [0.2, 0.25) is 0 Å². The highest BCUT2D eigenvalue weighted by molar-refractivity contribution is 5.70. The third kappa shape index (κ3) is 3.61. The first-order chi connectivity index (χ1) is 14.1. The quantitative estimate of drug-likeness (QED) is 0.607. The van der Waals surface area contributed by atoms with Gasteiger partial charge in [-0.15, -0.1) is 0 Å². The third-order valence-corrected chi connectivity index (χ3v) is 9.37. The van der Waals surface area contributed by atoms with Gasteiger partial charge in [0.1, 0.15) is 5.60 Å². The van der Waals surface area contributed by atoms with Crippen LogP contribution in [0.15, 0.2) is 0 Å². The molecule has 4 heterocycles. The molecule has 0 aromatic carbocycles. The highest BCUT2D eigenvalue weighted by Gasteiger charge is 2.62. The average Bonchev–Trinajstić information content (AvgIpc) is 3.37. The van der Waals surface area contributed by atoms with Crippen molar-refractivity contribution in [2.75, 3.05) is 0 Å². The van der Waals surface area contributed by atoms with Crippen molar-refractivity contribution in [3.63, 3.8) is 0 Å². The molecular formula is C25H44N2O4. The molecule has 4 saturated heterocycles. The lowest BCUT2D eigenvalue weighted by molar-refractivity contribution is -0.0988. The fraction of sp³-hybridized carbons (Fsp3) is 0.960. The summed E-state index contributed by atoms with van der Waals surface area (Å²) in [6, 6.07) is 0.508. The number of carbonyl (C=O) groups is 1. The number of fused-ring (bicyclic) bond motifs is 4. The van der Waals surface area contributed by atoms with Crippen LogP contribution in [0.25, 0.3) is 0 Å². The van der Waals surface area contributed by atoms with Gasteiger partial charge in [0.15, 0.2) is 0 Å². The van der Waals surface area contributed by atoms with Gasteiger partial charge in [0.25, 0.3) is 0 Å². The molecule has 0 unspecified atom stereocenters. The Balaban J connectivity index is 1.39. The number of ether oxygens (including phenoxy) is 1. The van der Waals surface area contributed by atoms with Gasteiger partial charge in [-0.1, -0.05) is 34.6 Å². The summed E-state index contributed by atoms with van der Waals surface area (Å²) in [5.74, 6) is 0. The van der Waals surface area contributed by atoms with Crippen molar-refractivity contribution >= 4 is 6.09 Å². The molecule has 178 valence electrons. The van der Waals surface area contributed by atoms with Gasteiger partial charge >= 0.3 is 6.09 Å². The molecule has 4 bridgehead atoms. The maximum atomic E-state index is 13.2. The second-order valence-corrected chi connectivity index (χ2v) is 13.2. The summed E-state index contributed by atoms with van der Waals surface area (Å²) < 4.78 is 6.04. The summed E-state index contributed by atoms with van der Waals surface area (Å²) in [6.45, 7) is 14.4. The van der Waals surface area contributed by atoms with Crippen LogP contribution in [0.4, 0.5) is 4.79 Å². The number of amides is 1. The molecule has 4 aliphatic heterocycles. The van der Waals surface area contributed by atoms with Gasteiger partial charge in [0.2, 0.25) is 0 Å². The zero-order valence-corrected chi connectivity index (χ0v) is 20.6. The number of hydrogen-bond donors (Lipinski definition) is 3. The number of nitrogens with zero attached hydrogens (tertiary/aromatic N) is 1. The minimum absolute atomic E-state index is 0.0646. The van der Waals surface area contributed by atoms with E-state index in [4.69, 9.17) is 4.74 Å². The predicted octanol–water partition coefficient (Wildman–Crippen LogP) is 3.98. The molecule has 6 atom stereocenters. The second-order valence-electron chi connectivity index (χ2n) is 13.2. The summed E-state index contributed by atoms with van der Waals surface area (Å²) in [5, 5.41) is 26.4. The summed E-state index contributed by atoms with van der Waals surface area (Å²) in [6.07, 6.45) is 6.60. The van der Waals surface area contributed by atoms with E-state index in [-0.39, 0.29) is 35.0 Å². The number of rotatable bonds is 5. The number of nitrogens with one attached hydrogen (secondary N) is 1. The van der Waals surface area contributed by atoms with Crippen molar-refractivity contribution < 1.29 is 19.7 Å². The van der Waals surface area contributed by atoms with E-state index in [1.807, 2.05) is 18.7 Å². The van der Waals surface area contributed by atoms with Gasteiger partial charge in [0.05, 0.1) is 17.2 Å². The van der Waals surface area contributed by atoms with Crippen LogP contribution in [0.1, 0.15) is 99.8 Å². The SMILES string of the molecule is CC(C)(CCC(C)(C)[C@@]1(O)C[C@@H]2CC[C@H]1N2)OC(=O)N1[C@H]2CC[C@@H]1[C@@](O)(C(C)(C)C)C2. The Hall–Kier alpha value is -0.850. The highest BCUT2D eigenvalue weighted by atomic mass is 16.6. The molecule has 6 heteroatoms. The monoisotopic (exact) mass is 436 g/mol. The van der Waals surface area contributed by atoms with Crippen LogP contribution in [-0.2, 0) is 4.74 Å². The van der Waals surface area contributed by atoms with E-state index in [9.17, 15) is 15.0 Å². The fourth-order valence-corrected chi connectivity index (χ4v) is 6.92. The summed E-state index contributed by atoms with van der Waals surface area (Å²) in [5.41, 5.74) is -2.73. The highest BCUT2D eigenvalue weighted by Crippen LogP contribution is 2.53. The Morgan fingerprint density at radius 2 is 1.65 bits per heavy atom. The Morgan fingerprint density at radius 3 is 2.16 bits per heavy atom. The van der Waals surface area contributed by atoms with Crippen LogP contribution in [-0.4, -0.2) is 62.2 Å². The maximum absolute atomic E-state index is 13.2. The van der Waals surface area contributed by atoms with Crippen molar-refractivity contribution in [3.05, 3.63) is 0 Å². The molecule has 1 amide bonds. The van der Waals surface area contributed by atoms with E-state index in [1.165, 1.54) is 0 Å². The van der Waals surface area contributed by atoms with E-state index in [1.54, 1.807) is 0 Å². The van der Waals surface area contributed by atoms with Crippen LogP contribution in [0.5, 0.6) is 0 Å². The standard InChI is InChI=1S/C25H44N2O4/c1-21(2,3)25(30)15-17-9-11-19(25)27(17)20(28)31-23(6,7)13-12-22(4,5)24(29)14-16-8-10-18(24)26-16/h16-19,26,29-30H,8-15H2,1-7H3/t16-,17-,18+,19+,24+,25+/m0/s1. The fourth-order valence-electron chi connectivity index (χ4n) is 6.92. The lowest BCUT2D eigenvalue weighted by atomic mass is 9.64. The molecule has 4 fully saturated rings. The average molecular weight is 437 g/mol. The first kappa shape index (κ1) is 23.3. The topological polar surface area (TPSA) is 82.0 Å². The van der Waals surface area contributed by atoms with Crippen molar-refractivity contribution in [2.24, 2.45) is 10.8 Å². The van der Waals surface area contributed by atoms with Crippen molar-refractivity contribution in [3.8, 4) is 0 Å². The van der Waals surface area contributed by atoms with Gasteiger partial charge in [-0.3, -0.25) is 4.90 Å². The lowest BCUT2D eigenvalue weighted by Crippen LogP contribution is -2.54. The molecule has 0 aromatic heterocycles. The molecule has 6 nitrogen and oxygen atoms in total. The summed E-state index contributed by atoms with van der Waals surface area (Å²) in [4.78, 5) is 15.0. The smallest absolute Gasteiger partial charge is 0.410 e. The van der Waals surface area contributed by atoms with E-state index >= 15 is 0 Å². The molecule has 0 saturated carbocycles. The van der Waals surface area contributed by atoms with Gasteiger partial charge in [-0.2, -0.15) is 0 Å². The molecule has 0 radical (unpaired) electrons. The predicted molar refractivity (Wildman–Crippen MR) is 121 cm³/mol. The van der Waals surface area contributed by atoms with Gasteiger partial charge in [0, 0.05) is 18.1 Å². The molecule has 0 spiro atoms. The number of hydrogen-bond acceptors (Lipinski definition) is 5. The molecule has 0 aromatic rings. The minimum atomic E-state index is -0.862. The normalized spacial score (nSPS) is 40.1. The third-order valence-electron chi connectivity index (χ3n) is 9.37. The molecule has 3 N–H and O–H groups in total. The zero-order chi connectivity index (χ0) is 23.0. The molecule has 31 heavy (non-hydrogen) atoms. The van der Waals surface area contributed by atoms with Gasteiger partial charge in [-0.25, -0.2) is 4.79 Å². The van der Waals surface area contributed by atoms with Crippen LogP contribution in [0, 0.1) is 10.8 Å². The van der Waals surface area contributed by atoms with Gasteiger partial charge in [-0.05, 0) is 76.0 Å². The summed E-state index contributed by atoms with van der Waals surface area (Å²) in [7, 11) is 0. The van der Waals surface area contributed by atoms with E-state index < -0.39 is 16.8 Å². The van der Waals surface area contributed by atoms with E-state index in [0.717, 1.165) is 38.5 Å². The number of aliphatic hydroxyl groups is 2. The van der Waals surface area contributed by atoms with E-state index in [2.05, 4.69) is 39.9 Å². The number of carbonyl (C=O) groups excluding carboxylic acids is 1. The van der Waals surface area contributed by atoms with Crippen molar-refractivity contribution in [1.82, 2.24) is 10.2 Å². The minimum Gasteiger partial charge on any atom is -0.443 e. The van der Waals surface area contributed by atoms with Gasteiger partial charge < -0.3 is 20.3 Å². The Bertz CT molecular complexity index is 730. The van der Waals surface area contributed by atoms with Crippen molar-refractivity contribution in [2.45, 2.75) is 141 Å². The summed E-state index contributed by atoms with van der Waals surface area (Å²) >= 11 is 0. The Kier molecular flexibility index (Phi) is 5.32. The largest absolute Gasteiger partial charge is 0.443 e. The first-order valence-corrected chi connectivity index (χ1v) is 12.3. The maximum Gasteiger partial charge on any atom is 0.410 e. The first-order valence-electron chi connectivity index (χ1n) is 12.3. The van der Waals surface area contributed by atoms with E-state index in [0.29, 0.717) is 18.9 Å². The van der Waals surface area contributed by atoms with Crippen LogP contribution >= 0.6 is 0 Å².